The summed E-state index contributed by atoms with van der Waals surface area (Å²) in [5.41, 5.74) is 1.73. The summed E-state index contributed by atoms with van der Waals surface area (Å²) in [6, 6.07) is 0. The summed E-state index contributed by atoms with van der Waals surface area (Å²) in [6.07, 6.45) is 26.4. The first-order chi connectivity index (χ1) is 9.92. The van der Waals surface area contributed by atoms with Crippen LogP contribution in [0.15, 0.2) is 23.8 Å². The molecule has 0 aromatic carbocycles. The molecule has 0 radical (unpaired) electrons. The minimum Gasteiger partial charge on any atom is -0.0805 e. The van der Waals surface area contributed by atoms with Crippen molar-refractivity contribution >= 4 is 0 Å². The highest BCUT2D eigenvalue weighted by atomic mass is 14.4. The van der Waals surface area contributed by atoms with Crippen molar-refractivity contribution in [1.29, 1.82) is 0 Å². The van der Waals surface area contributed by atoms with E-state index in [1.165, 1.54) is 83.5 Å². The van der Waals surface area contributed by atoms with Gasteiger partial charge in [0, 0.05) is 0 Å². The average molecular weight is 272 g/mol. The van der Waals surface area contributed by atoms with Crippen LogP contribution in [0.3, 0.4) is 0 Å². The van der Waals surface area contributed by atoms with Crippen LogP contribution in [0.1, 0.15) is 83.5 Å². The first kappa shape index (κ1) is 14.4. The van der Waals surface area contributed by atoms with E-state index in [2.05, 4.69) is 18.2 Å². The predicted octanol–water partition coefficient (Wildman–Crippen LogP) is 6.43. The molecule has 0 aromatic heterocycles. The fourth-order valence-electron chi connectivity index (χ4n) is 4.52. The molecule has 2 fully saturated rings. The minimum atomic E-state index is 0.954. The highest BCUT2D eigenvalue weighted by Gasteiger charge is 2.31. The molecule has 0 aliphatic heterocycles. The Morgan fingerprint density at radius 1 is 0.800 bits per heavy atom. The van der Waals surface area contributed by atoms with E-state index in [-0.39, 0.29) is 0 Å². The average Bonchev–Trinajstić information content (AvgIpc) is 2.94. The third-order valence-corrected chi connectivity index (χ3v) is 6.02. The number of rotatable bonds is 4. The van der Waals surface area contributed by atoms with Crippen LogP contribution in [0, 0.1) is 17.8 Å². The normalized spacial score (nSPS) is 32.1. The molecule has 0 aromatic rings. The molecule has 0 nitrogen and oxygen atoms in total. The van der Waals surface area contributed by atoms with E-state index in [4.69, 9.17) is 0 Å². The first-order valence-electron chi connectivity index (χ1n) is 9.27. The molecule has 0 amide bonds. The van der Waals surface area contributed by atoms with Gasteiger partial charge in [-0.1, -0.05) is 88.0 Å². The smallest absolute Gasteiger partial charge is 0.0130 e. The third-order valence-electron chi connectivity index (χ3n) is 6.02. The van der Waals surface area contributed by atoms with Crippen molar-refractivity contribution < 1.29 is 0 Å². The Bertz CT molecular complexity index is 333. The Labute approximate surface area is 125 Å². The van der Waals surface area contributed by atoms with Gasteiger partial charge in [-0.25, -0.2) is 0 Å². The molecule has 112 valence electrons. The standard InChI is InChI=1S/C20H32/c1-2-4-6-10-17(9-5-3-1)13-14-18-15-20(16-18)19-11-7-8-12-19/h7-8,11,17-18,20H,1-6,9-10,12-16H2. The SMILES string of the molecule is C1=CCC(C2CC(CCC3CCCCCCCC3)C2)=C1. The van der Waals surface area contributed by atoms with Crippen molar-refractivity contribution in [3.8, 4) is 0 Å². The maximum atomic E-state index is 2.37. The van der Waals surface area contributed by atoms with Gasteiger partial charge in [0.1, 0.15) is 0 Å². The third kappa shape index (κ3) is 3.99. The van der Waals surface area contributed by atoms with E-state index < -0.39 is 0 Å². The van der Waals surface area contributed by atoms with Gasteiger partial charge in [-0.3, -0.25) is 0 Å². The summed E-state index contributed by atoms with van der Waals surface area (Å²) < 4.78 is 0. The van der Waals surface area contributed by atoms with Crippen molar-refractivity contribution in [2.75, 3.05) is 0 Å². The van der Waals surface area contributed by atoms with Crippen molar-refractivity contribution in [3.63, 3.8) is 0 Å². The van der Waals surface area contributed by atoms with Crippen LogP contribution < -0.4 is 0 Å². The summed E-state index contributed by atoms with van der Waals surface area (Å²) in [4.78, 5) is 0. The molecule has 3 aliphatic carbocycles. The zero-order chi connectivity index (χ0) is 13.6. The van der Waals surface area contributed by atoms with E-state index in [1.807, 2.05) is 0 Å². The maximum Gasteiger partial charge on any atom is -0.0130 e. The zero-order valence-electron chi connectivity index (χ0n) is 13.2. The Hall–Kier alpha value is -0.520. The van der Waals surface area contributed by atoms with Crippen molar-refractivity contribution in [2.45, 2.75) is 83.5 Å². The molecule has 3 rings (SSSR count). The van der Waals surface area contributed by atoms with E-state index in [9.17, 15) is 0 Å². The van der Waals surface area contributed by atoms with Crippen LogP contribution in [0.2, 0.25) is 0 Å². The Morgan fingerprint density at radius 3 is 2.10 bits per heavy atom. The van der Waals surface area contributed by atoms with E-state index in [0.717, 1.165) is 17.8 Å². The van der Waals surface area contributed by atoms with Crippen LogP contribution in [0.4, 0.5) is 0 Å². The molecule has 0 atom stereocenters. The van der Waals surface area contributed by atoms with Gasteiger partial charge in [0.25, 0.3) is 0 Å². The van der Waals surface area contributed by atoms with Gasteiger partial charge < -0.3 is 0 Å². The summed E-state index contributed by atoms with van der Waals surface area (Å²) in [5, 5.41) is 0. The lowest BCUT2D eigenvalue weighted by molar-refractivity contribution is 0.194. The molecule has 0 spiro atoms. The molecule has 20 heavy (non-hydrogen) atoms. The topological polar surface area (TPSA) is 0 Å². The zero-order valence-corrected chi connectivity index (χ0v) is 13.2. The molecule has 0 N–H and O–H groups in total. The second kappa shape index (κ2) is 7.48. The Kier molecular flexibility index (Phi) is 5.39. The van der Waals surface area contributed by atoms with Crippen molar-refractivity contribution in [2.24, 2.45) is 17.8 Å². The second-order valence-electron chi connectivity index (χ2n) is 7.55. The Balaban J connectivity index is 1.33. The van der Waals surface area contributed by atoms with Crippen LogP contribution in [0.5, 0.6) is 0 Å². The number of allylic oxidation sites excluding steroid dienone is 4. The second-order valence-corrected chi connectivity index (χ2v) is 7.55. The molecule has 3 aliphatic rings. The van der Waals surface area contributed by atoms with Gasteiger partial charge in [0.05, 0.1) is 0 Å². The fourth-order valence-corrected chi connectivity index (χ4v) is 4.52. The fraction of sp³-hybridized carbons (Fsp3) is 0.800. The quantitative estimate of drug-likeness (QED) is 0.553. The molecule has 0 saturated heterocycles. The summed E-state index contributed by atoms with van der Waals surface area (Å²) in [6.45, 7) is 0. The van der Waals surface area contributed by atoms with Gasteiger partial charge in [-0.15, -0.1) is 0 Å². The molecule has 0 unspecified atom stereocenters. The molecule has 0 heterocycles. The lowest BCUT2D eigenvalue weighted by atomic mass is 9.68. The van der Waals surface area contributed by atoms with E-state index in [1.54, 1.807) is 5.57 Å². The monoisotopic (exact) mass is 272 g/mol. The summed E-state index contributed by atoms with van der Waals surface area (Å²) in [5.74, 6) is 3.09. The molecular weight excluding hydrogens is 240 g/mol. The predicted molar refractivity (Wildman–Crippen MR) is 87.7 cm³/mol. The van der Waals surface area contributed by atoms with Gasteiger partial charge in [0.15, 0.2) is 0 Å². The number of hydrogen-bond acceptors (Lipinski definition) is 0. The summed E-state index contributed by atoms with van der Waals surface area (Å²) in [7, 11) is 0. The van der Waals surface area contributed by atoms with E-state index >= 15 is 0 Å². The van der Waals surface area contributed by atoms with Crippen LogP contribution in [-0.4, -0.2) is 0 Å². The first-order valence-corrected chi connectivity index (χ1v) is 9.27. The van der Waals surface area contributed by atoms with Gasteiger partial charge in [0.2, 0.25) is 0 Å². The van der Waals surface area contributed by atoms with Crippen LogP contribution >= 0.6 is 0 Å². The van der Waals surface area contributed by atoms with Gasteiger partial charge >= 0.3 is 0 Å². The maximum absolute atomic E-state index is 2.37. The lowest BCUT2D eigenvalue weighted by Crippen LogP contribution is -2.25. The molecular formula is C20H32. The van der Waals surface area contributed by atoms with Crippen LogP contribution in [0.25, 0.3) is 0 Å². The molecule has 0 bridgehead atoms. The Morgan fingerprint density at radius 2 is 1.45 bits per heavy atom. The number of hydrogen-bond donors (Lipinski definition) is 0. The van der Waals surface area contributed by atoms with Gasteiger partial charge in [-0.2, -0.15) is 0 Å². The molecule has 2 saturated carbocycles. The highest BCUT2D eigenvalue weighted by Crippen LogP contribution is 2.44. The van der Waals surface area contributed by atoms with E-state index in [0.29, 0.717) is 0 Å². The van der Waals surface area contributed by atoms with Crippen molar-refractivity contribution in [3.05, 3.63) is 23.8 Å². The van der Waals surface area contributed by atoms with Crippen LogP contribution in [-0.2, 0) is 0 Å². The highest BCUT2D eigenvalue weighted by molar-refractivity contribution is 5.26. The minimum absolute atomic E-state index is 0.954. The van der Waals surface area contributed by atoms with Crippen molar-refractivity contribution in [1.82, 2.24) is 0 Å². The van der Waals surface area contributed by atoms with Gasteiger partial charge in [-0.05, 0) is 37.0 Å². The molecule has 0 heteroatoms. The largest absolute Gasteiger partial charge is 0.0805 e. The summed E-state index contributed by atoms with van der Waals surface area (Å²) >= 11 is 0. The lowest BCUT2D eigenvalue weighted by Gasteiger charge is -2.37.